The molecule has 0 amide bonds. The van der Waals surface area contributed by atoms with Crippen molar-refractivity contribution in [1.29, 1.82) is 5.26 Å². The van der Waals surface area contributed by atoms with Crippen LogP contribution >= 0.6 is 0 Å². The third-order valence-electron chi connectivity index (χ3n) is 3.69. The summed E-state index contributed by atoms with van der Waals surface area (Å²) in [6.07, 6.45) is 3.11. The van der Waals surface area contributed by atoms with Crippen LogP contribution in [0.25, 0.3) is 0 Å². The van der Waals surface area contributed by atoms with E-state index in [0.717, 1.165) is 24.2 Å². The predicted octanol–water partition coefficient (Wildman–Crippen LogP) is 3.28. The van der Waals surface area contributed by atoms with Crippen molar-refractivity contribution < 1.29 is 4.74 Å². The van der Waals surface area contributed by atoms with E-state index in [1.165, 1.54) is 6.42 Å². The average Bonchev–Trinajstić information content (AvgIpc) is 2.29. The molecule has 0 N–H and O–H groups in total. The van der Waals surface area contributed by atoms with Gasteiger partial charge in [-0.1, -0.05) is 31.5 Å². The van der Waals surface area contributed by atoms with Gasteiger partial charge < -0.3 is 4.74 Å². The number of hydrogen-bond acceptors (Lipinski definition) is 2. The first-order valence-corrected chi connectivity index (χ1v) is 5.80. The molecule has 2 nitrogen and oxygen atoms in total. The molecule has 0 atom stereocenters. The molecule has 0 aliphatic heterocycles. The van der Waals surface area contributed by atoms with E-state index in [-0.39, 0.29) is 5.41 Å². The molecule has 2 heteroatoms. The van der Waals surface area contributed by atoms with Crippen LogP contribution in [0.4, 0.5) is 0 Å². The summed E-state index contributed by atoms with van der Waals surface area (Å²) in [5.41, 5.74) is 0.762. The topological polar surface area (TPSA) is 33.0 Å². The zero-order chi connectivity index (χ0) is 11.6. The molecule has 0 bridgehead atoms. The summed E-state index contributed by atoms with van der Waals surface area (Å²) in [7, 11) is 1.67. The Morgan fingerprint density at radius 2 is 2.12 bits per heavy atom. The monoisotopic (exact) mass is 215 g/mol. The summed E-state index contributed by atoms with van der Waals surface area (Å²) in [6.45, 7) is 2.19. The molecule has 1 fully saturated rings. The van der Waals surface area contributed by atoms with E-state index in [1.807, 2.05) is 24.3 Å². The molecule has 0 saturated heterocycles. The maximum absolute atomic E-state index is 9.42. The van der Waals surface area contributed by atoms with Gasteiger partial charge in [0.25, 0.3) is 0 Å². The molecular weight excluding hydrogens is 198 g/mol. The third kappa shape index (κ3) is 1.57. The van der Waals surface area contributed by atoms with E-state index in [2.05, 4.69) is 13.0 Å². The molecular formula is C14H17NO. The number of para-hydroxylation sites is 1. The molecule has 0 radical (unpaired) electrons. The molecule has 0 spiro atoms. The van der Waals surface area contributed by atoms with Gasteiger partial charge in [0.2, 0.25) is 0 Å². The fourth-order valence-electron chi connectivity index (χ4n) is 2.63. The molecule has 1 saturated carbocycles. The lowest BCUT2D eigenvalue weighted by Gasteiger charge is -2.43. The first kappa shape index (κ1) is 11.0. The van der Waals surface area contributed by atoms with Gasteiger partial charge in [0, 0.05) is 5.56 Å². The molecule has 0 aromatic heterocycles. The number of benzene rings is 1. The zero-order valence-electron chi connectivity index (χ0n) is 9.86. The SMILES string of the molecule is CCC1CC(C#N)(c2ccccc2OC)C1. The number of nitrogens with zero attached hydrogens (tertiary/aromatic N) is 1. The highest BCUT2D eigenvalue weighted by atomic mass is 16.5. The standard InChI is InChI=1S/C14H17NO/c1-3-11-8-14(9-11,10-15)12-6-4-5-7-13(12)16-2/h4-7,11H,3,8-9H2,1-2H3. The summed E-state index contributed by atoms with van der Waals surface area (Å²) in [4.78, 5) is 0. The second-order valence-electron chi connectivity index (χ2n) is 4.58. The Labute approximate surface area is 96.9 Å². The predicted molar refractivity (Wildman–Crippen MR) is 63.3 cm³/mol. The van der Waals surface area contributed by atoms with E-state index in [9.17, 15) is 5.26 Å². The zero-order valence-corrected chi connectivity index (χ0v) is 9.86. The molecule has 1 aromatic carbocycles. The number of ether oxygens (including phenoxy) is 1. The van der Waals surface area contributed by atoms with Crippen LogP contribution in [-0.4, -0.2) is 7.11 Å². The van der Waals surface area contributed by atoms with Crippen LogP contribution in [0.15, 0.2) is 24.3 Å². The fourth-order valence-corrected chi connectivity index (χ4v) is 2.63. The van der Waals surface area contributed by atoms with Crippen molar-refractivity contribution in [1.82, 2.24) is 0 Å². The van der Waals surface area contributed by atoms with E-state index < -0.39 is 0 Å². The highest BCUT2D eigenvalue weighted by Gasteiger charge is 2.46. The van der Waals surface area contributed by atoms with Crippen LogP contribution in [0, 0.1) is 17.2 Å². The maximum atomic E-state index is 9.42. The van der Waals surface area contributed by atoms with Crippen molar-refractivity contribution in [3.05, 3.63) is 29.8 Å². The normalized spacial score (nSPS) is 27.9. The average molecular weight is 215 g/mol. The van der Waals surface area contributed by atoms with Crippen molar-refractivity contribution in [3.8, 4) is 11.8 Å². The van der Waals surface area contributed by atoms with Crippen LogP contribution < -0.4 is 4.74 Å². The second-order valence-corrected chi connectivity index (χ2v) is 4.58. The van der Waals surface area contributed by atoms with Crippen LogP contribution in [0.1, 0.15) is 31.7 Å². The van der Waals surface area contributed by atoms with Gasteiger partial charge in [0.1, 0.15) is 5.75 Å². The van der Waals surface area contributed by atoms with Crippen LogP contribution in [0.5, 0.6) is 5.75 Å². The summed E-state index contributed by atoms with van der Waals surface area (Å²) in [6, 6.07) is 10.4. The van der Waals surface area contributed by atoms with Gasteiger partial charge in [-0.15, -0.1) is 0 Å². The Hall–Kier alpha value is -1.49. The quantitative estimate of drug-likeness (QED) is 0.775. The molecule has 84 valence electrons. The van der Waals surface area contributed by atoms with E-state index in [1.54, 1.807) is 7.11 Å². The number of methoxy groups -OCH3 is 1. The van der Waals surface area contributed by atoms with Crippen LogP contribution in [-0.2, 0) is 5.41 Å². The Morgan fingerprint density at radius 3 is 2.69 bits per heavy atom. The summed E-state index contributed by atoms with van der Waals surface area (Å²) < 4.78 is 5.35. The number of hydrogen-bond donors (Lipinski definition) is 0. The minimum Gasteiger partial charge on any atom is -0.496 e. The summed E-state index contributed by atoms with van der Waals surface area (Å²) in [5.74, 6) is 1.54. The van der Waals surface area contributed by atoms with Crippen molar-refractivity contribution in [2.24, 2.45) is 5.92 Å². The first-order valence-electron chi connectivity index (χ1n) is 5.80. The molecule has 2 rings (SSSR count). The minimum atomic E-state index is -0.298. The minimum absolute atomic E-state index is 0.298. The van der Waals surface area contributed by atoms with Gasteiger partial charge in [-0.2, -0.15) is 5.26 Å². The van der Waals surface area contributed by atoms with E-state index >= 15 is 0 Å². The summed E-state index contributed by atoms with van der Waals surface area (Å²) in [5, 5.41) is 9.42. The lowest BCUT2D eigenvalue weighted by Crippen LogP contribution is -2.40. The van der Waals surface area contributed by atoms with E-state index in [0.29, 0.717) is 5.92 Å². The first-order chi connectivity index (χ1) is 7.75. The number of nitriles is 1. The Bertz CT molecular complexity index is 413. The van der Waals surface area contributed by atoms with Gasteiger partial charge in [-0.25, -0.2) is 0 Å². The van der Waals surface area contributed by atoms with Gasteiger partial charge in [0.05, 0.1) is 18.6 Å². The number of rotatable bonds is 3. The molecule has 1 aliphatic rings. The highest BCUT2D eigenvalue weighted by molar-refractivity contribution is 5.45. The summed E-state index contributed by atoms with van der Waals surface area (Å²) >= 11 is 0. The Morgan fingerprint density at radius 1 is 1.44 bits per heavy atom. The molecule has 1 aliphatic carbocycles. The van der Waals surface area contributed by atoms with Gasteiger partial charge in [-0.3, -0.25) is 0 Å². The fraction of sp³-hybridized carbons (Fsp3) is 0.500. The molecule has 16 heavy (non-hydrogen) atoms. The lowest BCUT2D eigenvalue weighted by atomic mass is 9.58. The van der Waals surface area contributed by atoms with Crippen molar-refractivity contribution in [2.45, 2.75) is 31.6 Å². The molecule has 0 heterocycles. The van der Waals surface area contributed by atoms with Gasteiger partial charge in [-0.05, 0) is 24.8 Å². The largest absolute Gasteiger partial charge is 0.496 e. The smallest absolute Gasteiger partial charge is 0.123 e. The van der Waals surface area contributed by atoms with Gasteiger partial charge >= 0.3 is 0 Å². The highest BCUT2D eigenvalue weighted by Crippen LogP contribution is 2.51. The van der Waals surface area contributed by atoms with Crippen molar-refractivity contribution in [2.75, 3.05) is 7.11 Å². The molecule has 1 aromatic rings. The van der Waals surface area contributed by atoms with Crippen molar-refractivity contribution in [3.63, 3.8) is 0 Å². The maximum Gasteiger partial charge on any atom is 0.123 e. The van der Waals surface area contributed by atoms with E-state index in [4.69, 9.17) is 4.74 Å². The Kier molecular flexibility index (Phi) is 2.87. The molecule has 0 unspecified atom stereocenters. The van der Waals surface area contributed by atoms with Crippen LogP contribution in [0.3, 0.4) is 0 Å². The van der Waals surface area contributed by atoms with Crippen molar-refractivity contribution >= 4 is 0 Å². The third-order valence-corrected chi connectivity index (χ3v) is 3.69. The Balaban J connectivity index is 2.33. The second kappa shape index (κ2) is 4.17. The van der Waals surface area contributed by atoms with Crippen LogP contribution in [0.2, 0.25) is 0 Å². The van der Waals surface area contributed by atoms with Gasteiger partial charge in [0.15, 0.2) is 0 Å². The lowest BCUT2D eigenvalue weighted by molar-refractivity contribution is 0.187.